The second-order valence-corrected chi connectivity index (χ2v) is 6.60. The summed E-state index contributed by atoms with van der Waals surface area (Å²) < 4.78 is 14.7. The van der Waals surface area contributed by atoms with Crippen LogP contribution in [0.25, 0.3) is 10.8 Å². The summed E-state index contributed by atoms with van der Waals surface area (Å²) in [5, 5.41) is 1.13. The van der Waals surface area contributed by atoms with Crippen molar-refractivity contribution in [1.29, 1.82) is 0 Å². The zero-order chi connectivity index (χ0) is 14.3. The Kier molecular flexibility index (Phi) is 3.44. The minimum atomic E-state index is -0.305. The van der Waals surface area contributed by atoms with Crippen LogP contribution in [0.15, 0.2) is 46.9 Å². The average Bonchev–Trinajstić information content (AvgIpc) is 2.79. The molecule has 20 heavy (non-hydrogen) atoms. The van der Waals surface area contributed by atoms with E-state index in [-0.39, 0.29) is 11.6 Å². The van der Waals surface area contributed by atoms with E-state index in [0.29, 0.717) is 21.2 Å². The van der Waals surface area contributed by atoms with Gasteiger partial charge in [-0.3, -0.25) is 4.79 Å². The fourth-order valence-corrected chi connectivity index (χ4v) is 3.65. The number of hydrogen-bond acceptors (Lipinski definition) is 2. The molecular formula is C16H10BrFOS. The van der Waals surface area contributed by atoms with E-state index in [1.165, 1.54) is 17.4 Å². The molecule has 1 heterocycles. The molecule has 0 aliphatic rings. The second-order valence-electron chi connectivity index (χ2n) is 4.48. The molecule has 0 saturated heterocycles. The van der Waals surface area contributed by atoms with Gasteiger partial charge in [0.1, 0.15) is 5.82 Å². The monoisotopic (exact) mass is 348 g/mol. The van der Waals surface area contributed by atoms with Crippen LogP contribution in [-0.2, 0) is 0 Å². The lowest BCUT2D eigenvalue weighted by molar-refractivity contribution is 0.104. The predicted molar refractivity (Wildman–Crippen MR) is 84.1 cm³/mol. The Morgan fingerprint density at radius 3 is 2.50 bits per heavy atom. The van der Waals surface area contributed by atoms with Crippen LogP contribution in [0, 0.1) is 12.7 Å². The number of benzene rings is 2. The molecule has 1 nitrogen and oxygen atoms in total. The highest BCUT2D eigenvalue weighted by Crippen LogP contribution is 2.30. The van der Waals surface area contributed by atoms with Gasteiger partial charge in [0, 0.05) is 20.3 Å². The predicted octanol–water partition coefficient (Wildman–Crippen LogP) is 5.34. The van der Waals surface area contributed by atoms with E-state index < -0.39 is 0 Å². The Labute approximate surface area is 128 Å². The molecule has 0 amide bonds. The third kappa shape index (κ3) is 2.19. The van der Waals surface area contributed by atoms with Gasteiger partial charge in [-0.2, -0.15) is 0 Å². The van der Waals surface area contributed by atoms with Gasteiger partial charge in [0.2, 0.25) is 5.78 Å². The molecule has 0 atom stereocenters. The molecule has 0 fully saturated rings. The van der Waals surface area contributed by atoms with Crippen molar-refractivity contribution in [2.75, 3.05) is 0 Å². The molecule has 0 N–H and O–H groups in total. The van der Waals surface area contributed by atoms with Gasteiger partial charge in [0.25, 0.3) is 0 Å². The maximum absolute atomic E-state index is 13.8. The van der Waals surface area contributed by atoms with E-state index in [2.05, 4.69) is 15.9 Å². The highest BCUT2D eigenvalue weighted by Gasteiger charge is 2.17. The van der Waals surface area contributed by atoms with Crippen LogP contribution in [-0.4, -0.2) is 5.78 Å². The Balaban J connectivity index is 2.20. The first-order valence-corrected chi connectivity index (χ1v) is 7.67. The van der Waals surface area contributed by atoms with Crippen molar-refractivity contribution in [3.8, 4) is 0 Å². The molecule has 2 aromatic carbocycles. The first kappa shape index (κ1) is 13.5. The van der Waals surface area contributed by atoms with E-state index in [9.17, 15) is 9.18 Å². The maximum atomic E-state index is 13.8. The van der Waals surface area contributed by atoms with Crippen molar-refractivity contribution in [3.05, 3.63) is 68.1 Å². The molecule has 0 unspecified atom stereocenters. The lowest BCUT2D eigenvalue weighted by Gasteiger charge is -2.05. The number of aryl methyl sites for hydroxylation is 1. The van der Waals surface area contributed by atoms with Crippen molar-refractivity contribution in [3.63, 3.8) is 0 Å². The third-order valence-electron chi connectivity index (χ3n) is 3.20. The molecule has 0 radical (unpaired) electrons. The Morgan fingerprint density at radius 2 is 1.85 bits per heavy atom. The van der Waals surface area contributed by atoms with E-state index in [4.69, 9.17) is 0 Å². The van der Waals surface area contributed by atoms with Crippen molar-refractivity contribution in [2.24, 2.45) is 0 Å². The molecule has 0 spiro atoms. The summed E-state index contributed by atoms with van der Waals surface area (Å²) in [7, 11) is 0. The van der Waals surface area contributed by atoms with Crippen LogP contribution in [0.4, 0.5) is 4.39 Å². The SMILES string of the molecule is Cc1sc(C(=O)c2ccc(F)c3ccccc23)cc1Br. The molecular weight excluding hydrogens is 339 g/mol. The summed E-state index contributed by atoms with van der Waals surface area (Å²) in [6, 6.07) is 11.8. The number of rotatable bonds is 2. The highest BCUT2D eigenvalue weighted by atomic mass is 79.9. The third-order valence-corrected chi connectivity index (χ3v) is 5.33. The Morgan fingerprint density at radius 1 is 1.15 bits per heavy atom. The van der Waals surface area contributed by atoms with Crippen LogP contribution in [0.5, 0.6) is 0 Å². The number of hydrogen-bond donors (Lipinski definition) is 0. The van der Waals surface area contributed by atoms with Crippen LogP contribution >= 0.6 is 27.3 Å². The molecule has 1 aromatic heterocycles. The molecule has 0 aliphatic heterocycles. The van der Waals surface area contributed by atoms with Gasteiger partial charge in [0.15, 0.2) is 0 Å². The molecule has 3 rings (SSSR count). The summed E-state index contributed by atoms with van der Waals surface area (Å²) in [6.07, 6.45) is 0. The second kappa shape index (κ2) is 5.11. The van der Waals surface area contributed by atoms with Crippen molar-refractivity contribution >= 4 is 43.8 Å². The number of ketones is 1. The molecule has 4 heteroatoms. The lowest BCUT2D eigenvalue weighted by Crippen LogP contribution is -2.00. The number of carbonyl (C=O) groups excluding carboxylic acids is 1. The van der Waals surface area contributed by atoms with E-state index in [1.54, 1.807) is 24.3 Å². The minimum absolute atomic E-state index is 0.0694. The average molecular weight is 349 g/mol. The number of carbonyl (C=O) groups is 1. The van der Waals surface area contributed by atoms with Crippen molar-refractivity contribution in [1.82, 2.24) is 0 Å². The van der Waals surface area contributed by atoms with Gasteiger partial charge in [-0.25, -0.2) is 4.39 Å². The zero-order valence-electron chi connectivity index (χ0n) is 10.6. The summed E-state index contributed by atoms with van der Waals surface area (Å²) in [5.74, 6) is -0.374. The van der Waals surface area contributed by atoms with Crippen LogP contribution in [0.2, 0.25) is 0 Å². The molecule has 100 valence electrons. The first-order chi connectivity index (χ1) is 9.58. The minimum Gasteiger partial charge on any atom is -0.288 e. The van der Waals surface area contributed by atoms with Gasteiger partial charge < -0.3 is 0 Å². The van der Waals surface area contributed by atoms with Gasteiger partial charge in [-0.15, -0.1) is 11.3 Å². The number of fused-ring (bicyclic) bond motifs is 1. The van der Waals surface area contributed by atoms with Crippen LogP contribution < -0.4 is 0 Å². The summed E-state index contributed by atoms with van der Waals surface area (Å²) >= 11 is 4.86. The topological polar surface area (TPSA) is 17.1 Å². The van der Waals surface area contributed by atoms with Gasteiger partial charge in [0.05, 0.1) is 4.88 Å². The van der Waals surface area contributed by atoms with Crippen molar-refractivity contribution in [2.45, 2.75) is 6.92 Å². The maximum Gasteiger partial charge on any atom is 0.203 e. The first-order valence-electron chi connectivity index (χ1n) is 6.06. The van der Waals surface area contributed by atoms with E-state index in [1.807, 2.05) is 19.1 Å². The highest BCUT2D eigenvalue weighted by molar-refractivity contribution is 9.10. The quantitative estimate of drug-likeness (QED) is 0.571. The summed E-state index contributed by atoms with van der Waals surface area (Å²) in [4.78, 5) is 14.3. The largest absolute Gasteiger partial charge is 0.288 e. The summed E-state index contributed by atoms with van der Waals surface area (Å²) in [6.45, 7) is 1.95. The van der Waals surface area contributed by atoms with E-state index in [0.717, 1.165) is 9.35 Å². The van der Waals surface area contributed by atoms with Gasteiger partial charge in [-0.05, 0) is 46.4 Å². The zero-order valence-corrected chi connectivity index (χ0v) is 13.0. The fraction of sp³-hybridized carbons (Fsp3) is 0.0625. The smallest absolute Gasteiger partial charge is 0.203 e. The van der Waals surface area contributed by atoms with Crippen LogP contribution in [0.1, 0.15) is 20.1 Å². The number of thiophene rings is 1. The molecule has 0 aliphatic carbocycles. The van der Waals surface area contributed by atoms with Gasteiger partial charge in [-0.1, -0.05) is 24.3 Å². The van der Waals surface area contributed by atoms with Gasteiger partial charge >= 0.3 is 0 Å². The standard InChI is InChI=1S/C16H10BrFOS/c1-9-13(17)8-15(20-9)16(19)12-6-7-14(18)11-5-3-2-4-10(11)12/h2-8H,1H3. The van der Waals surface area contributed by atoms with E-state index >= 15 is 0 Å². The molecule has 0 saturated carbocycles. The summed E-state index contributed by atoms with van der Waals surface area (Å²) in [5.41, 5.74) is 0.538. The Bertz CT molecular complexity index is 803. The lowest BCUT2D eigenvalue weighted by atomic mass is 10.0. The van der Waals surface area contributed by atoms with Crippen LogP contribution in [0.3, 0.4) is 0 Å². The van der Waals surface area contributed by atoms with Crippen molar-refractivity contribution < 1.29 is 9.18 Å². The normalized spacial score (nSPS) is 10.9. The molecule has 0 bridgehead atoms. The fourth-order valence-electron chi connectivity index (χ4n) is 2.16. The Hall–Kier alpha value is -1.52. The molecule has 3 aromatic rings. The number of halogens is 2.